The van der Waals surface area contributed by atoms with Gasteiger partial charge in [-0.05, 0) is 159 Å². The molecule has 0 bridgehead atoms. The molecule has 0 unspecified atom stereocenters. The Morgan fingerprint density at radius 3 is 1.44 bits per heavy atom. The second kappa shape index (κ2) is 14.4. The van der Waals surface area contributed by atoms with Crippen molar-refractivity contribution in [1.29, 1.82) is 0 Å². The average molecular weight is 911 g/mol. The molecule has 4 heteroatoms. The summed E-state index contributed by atoms with van der Waals surface area (Å²) in [6, 6.07) is 67.7. The SMILES string of the molecule is CC(C)c1ccc(N2c3cc4c(cc3B3c5cc(C(C)C)cc6c5N5B(c7cc(C(C)C)ccc7-6)c6cc(C(C)C)ccc6-c6ccc2c3c65)-c2ccccc2C42c3ccccc3-c3ccccc32)cc1. The largest absolute Gasteiger partial charge is 0.377 e. The van der Waals surface area contributed by atoms with Crippen LogP contribution in [0.2, 0.25) is 0 Å². The molecule has 1 spiro atoms. The zero-order valence-electron chi connectivity index (χ0n) is 42.0. The normalized spacial score (nSPS) is 15.0. The van der Waals surface area contributed by atoms with Crippen molar-refractivity contribution in [3.05, 3.63) is 214 Å². The van der Waals surface area contributed by atoms with Gasteiger partial charge in [-0.2, -0.15) is 0 Å². The van der Waals surface area contributed by atoms with Gasteiger partial charge in [0.25, 0.3) is 6.71 Å². The van der Waals surface area contributed by atoms with Gasteiger partial charge in [-0.25, -0.2) is 0 Å². The fraction of sp³-hybridized carbons (Fsp3) is 0.194. The van der Waals surface area contributed by atoms with E-state index in [1.807, 2.05) is 0 Å². The molecule has 6 aliphatic rings. The molecule has 4 heterocycles. The van der Waals surface area contributed by atoms with E-state index in [-0.39, 0.29) is 13.6 Å². The number of hydrogen-bond donors (Lipinski definition) is 0. The molecule has 0 amide bonds. The van der Waals surface area contributed by atoms with Gasteiger partial charge in [-0.3, -0.25) is 0 Å². The van der Waals surface area contributed by atoms with Crippen LogP contribution in [0.25, 0.3) is 44.5 Å². The maximum Gasteiger partial charge on any atom is 0.329 e. The van der Waals surface area contributed by atoms with Gasteiger partial charge < -0.3 is 9.71 Å². The first kappa shape index (κ1) is 41.5. The summed E-state index contributed by atoms with van der Waals surface area (Å²) in [5.74, 6) is 1.62. The van der Waals surface area contributed by atoms with Crippen molar-refractivity contribution in [2.45, 2.75) is 84.5 Å². The maximum absolute atomic E-state index is 2.84. The summed E-state index contributed by atoms with van der Waals surface area (Å²) >= 11 is 0. The molecule has 0 saturated heterocycles. The molecule has 0 saturated carbocycles. The molecule has 0 aromatic heterocycles. The molecule has 0 fully saturated rings. The summed E-state index contributed by atoms with van der Waals surface area (Å²) < 4.78 is 0. The van der Waals surface area contributed by atoms with Crippen molar-refractivity contribution >= 4 is 69.3 Å². The summed E-state index contributed by atoms with van der Waals surface area (Å²) in [4.78, 5) is 5.50. The lowest BCUT2D eigenvalue weighted by molar-refractivity contribution is 0.794. The Morgan fingerprint density at radius 1 is 0.352 bits per heavy atom. The van der Waals surface area contributed by atoms with E-state index in [4.69, 9.17) is 0 Å². The Bertz CT molecular complexity index is 3770. The monoisotopic (exact) mass is 910 g/mol. The lowest BCUT2D eigenvalue weighted by Crippen LogP contribution is -2.69. The van der Waals surface area contributed by atoms with Crippen LogP contribution in [0.3, 0.4) is 0 Å². The molecule has 0 atom stereocenters. The summed E-state index contributed by atoms with van der Waals surface area (Å²) in [6.07, 6.45) is 0. The molecule has 0 N–H and O–H groups in total. The molecule has 9 aromatic rings. The van der Waals surface area contributed by atoms with Crippen LogP contribution in [0.1, 0.15) is 124 Å². The Kier molecular flexibility index (Phi) is 8.42. The van der Waals surface area contributed by atoms with Gasteiger partial charge in [0.05, 0.1) is 5.41 Å². The van der Waals surface area contributed by atoms with E-state index in [1.165, 1.54) is 145 Å². The minimum Gasteiger partial charge on any atom is -0.377 e. The second-order valence-corrected chi connectivity index (χ2v) is 22.7. The van der Waals surface area contributed by atoms with Gasteiger partial charge in [0.2, 0.25) is 0 Å². The van der Waals surface area contributed by atoms with Gasteiger partial charge in [-0.15, -0.1) is 0 Å². The van der Waals surface area contributed by atoms with Crippen LogP contribution in [0.5, 0.6) is 0 Å². The van der Waals surface area contributed by atoms with E-state index in [1.54, 1.807) is 0 Å². The van der Waals surface area contributed by atoms with Crippen molar-refractivity contribution in [2.75, 3.05) is 9.71 Å². The lowest BCUT2D eigenvalue weighted by Gasteiger charge is -2.52. The first-order valence-corrected chi connectivity index (χ1v) is 26.3. The molecule has 15 rings (SSSR count). The minimum atomic E-state index is -0.456. The van der Waals surface area contributed by atoms with E-state index in [2.05, 4.69) is 235 Å². The summed E-state index contributed by atoms with van der Waals surface area (Å²) in [6.45, 7) is 18.8. The molecule has 9 aromatic carbocycles. The molecular weight excluding hydrogens is 854 g/mol. The zero-order chi connectivity index (χ0) is 47.9. The third-order valence-corrected chi connectivity index (χ3v) is 17.8. The van der Waals surface area contributed by atoms with Gasteiger partial charge in [0.1, 0.15) is 0 Å². The number of anilines is 5. The molecule has 340 valence electrons. The van der Waals surface area contributed by atoms with E-state index >= 15 is 0 Å². The first-order chi connectivity index (χ1) is 34.5. The lowest BCUT2D eigenvalue weighted by atomic mass is 9.30. The van der Waals surface area contributed by atoms with Gasteiger partial charge in [0.15, 0.2) is 0 Å². The highest BCUT2D eigenvalue weighted by Crippen LogP contribution is 2.64. The molecule has 4 aliphatic heterocycles. The fourth-order valence-corrected chi connectivity index (χ4v) is 14.4. The number of hydrogen-bond acceptors (Lipinski definition) is 2. The predicted molar refractivity (Wildman–Crippen MR) is 303 cm³/mol. The maximum atomic E-state index is 2.84. The Balaban J connectivity index is 1.10. The molecule has 71 heavy (non-hydrogen) atoms. The minimum absolute atomic E-state index is 0.00405. The van der Waals surface area contributed by atoms with Gasteiger partial charge in [0, 0.05) is 39.6 Å². The smallest absolute Gasteiger partial charge is 0.329 e. The van der Waals surface area contributed by atoms with Crippen molar-refractivity contribution in [2.24, 2.45) is 0 Å². The Hall–Kier alpha value is -7.29. The highest BCUT2D eigenvalue weighted by Gasteiger charge is 2.55. The number of fused-ring (bicyclic) bond motifs is 19. The van der Waals surface area contributed by atoms with Crippen LogP contribution in [0.4, 0.5) is 28.4 Å². The second-order valence-electron chi connectivity index (χ2n) is 22.7. The van der Waals surface area contributed by atoms with Crippen LogP contribution in [0.15, 0.2) is 170 Å². The standard InChI is InChI=1S/C67H56B2N2/c1-37(2)41-21-25-45(26-22-41)70-62-30-29-51-49-27-23-42(38(3)4)32-58(49)69-59-33-43(39(5)6)24-28-50(59)53-31-44(40(7)8)34-61-65(53)71(69)66(51)64(62)68(61)60-35-52-48-17-11-14-20-56(48)67(57(52)36-63(60)70)54-18-12-9-15-46(54)47-16-10-13-19-55(47)67/h9-40H,1-8H3. The van der Waals surface area contributed by atoms with Crippen molar-refractivity contribution in [3.8, 4) is 44.5 Å². The quantitative estimate of drug-likeness (QED) is 0.159. The summed E-state index contributed by atoms with van der Waals surface area (Å²) in [7, 11) is 0. The Labute approximate surface area is 420 Å². The number of nitrogens with zero attached hydrogens (tertiary/aromatic N) is 2. The van der Waals surface area contributed by atoms with Gasteiger partial charge >= 0.3 is 6.85 Å². The highest BCUT2D eigenvalue weighted by molar-refractivity contribution is 7.03. The van der Waals surface area contributed by atoms with Crippen molar-refractivity contribution in [3.63, 3.8) is 0 Å². The number of benzene rings is 9. The summed E-state index contributed by atoms with van der Waals surface area (Å²) in [5.41, 5.74) is 35.0. The van der Waals surface area contributed by atoms with E-state index < -0.39 is 5.41 Å². The summed E-state index contributed by atoms with van der Waals surface area (Å²) in [5, 5.41) is 0. The third-order valence-electron chi connectivity index (χ3n) is 17.8. The van der Waals surface area contributed by atoms with Crippen LogP contribution >= 0.6 is 0 Å². The third kappa shape index (κ3) is 5.21. The van der Waals surface area contributed by atoms with Crippen LogP contribution in [-0.4, -0.2) is 13.6 Å². The van der Waals surface area contributed by atoms with Crippen LogP contribution < -0.4 is 37.0 Å². The van der Waals surface area contributed by atoms with Crippen LogP contribution in [0, 0.1) is 0 Å². The van der Waals surface area contributed by atoms with Crippen LogP contribution in [-0.2, 0) is 5.41 Å². The zero-order valence-corrected chi connectivity index (χ0v) is 42.0. The average Bonchev–Trinajstić information content (AvgIpc) is 3.86. The first-order valence-electron chi connectivity index (χ1n) is 26.3. The molecular formula is C67H56B2N2. The fourth-order valence-electron chi connectivity index (χ4n) is 14.4. The van der Waals surface area contributed by atoms with Crippen molar-refractivity contribution < 1.29 is 0 Å². The van der Waals surface area contributed by atoms with E-state index in [9.17, 15) is 0 Å². The predicted octanol–water partition coefficient (Wildman–Crippen LogP) is 14.0. The molecule has 2 nitrogen and oxygen atoms in total. The topological polar surface area (TPSA) is 6.48 Å². The molecule has 2 aliphatic carbocycles. The van der Waals surface area contributed by atoms with E-state index in [0.717, 1.165) is 0 Å². The highest BCUT2D eigenvalue weighted by atomic mass is 15.2. The Morgan fingerprint density at radius 2 is 0.859 bits per heavy atom. The van der Waals surface area contributed by atoms with Gasteiger partial charge in [-0.1, -0.05) is 195 Å². The number of rotatable bonds is 5. The molecule has 0 radical (unpaired) electrons. The van der Waals surface area contributed by atoms with E-state index in [0.29, 0.717) is 23.7 Å². The van der Waals surface area contributed by atoms with Crippen molar-refractivity contribution in [1.82, 2.24) is 0 Å².